The molecule has 0 fully saturated rings. The Kier molecular flexibility index (Phi) is 3.16. The number of fused-ring (bicyclic) bond motifs is 1. The molecule has 2 heterocycles. The lowest BCUT2D eigenvalue weighted by molar-refractivity contribution is 0.415. The van der Waals surface area contributed by atoms with E-state index in [2.05, 4.69) is 46.3 Å². The molecular weight excluding hydrogens is 292 g/mol. The first-order chi connectivity index (χ1) is 10.9. The molecule has 0 aliphatic rings. The van der Waals surface area contributed by atoms with E-state index in [1.165, 1.54) is 0 Å². The van der Waals surface area contributed by atoms with E-state index in [-0.39, 0.29) is 0 Å². The van der Waals surface area contributed by atoms with Crippen molar-refractivity contribution >= 4 is 16.3 Å². The third-order valence-corrected chi connectivity index (χ3v) is 4.41. The summed E-state index contributed by atoms with van der Waals surface area (Å²) in [4.78, 5) is 5.82. The minimum absolute atomic E-state index is 0.841. The average molecular weight is 306 g/mol. The number of methoxy groups -OCH3 is 1. The van der Waals surface area contributed by atoms with E-state index in [0.29, 0.717) is 0 Å². The zero-order valence-corrected chi connectivity index (χ0v) is 12.9. The van der Waals surface area contributed by atoms with Crippen LogP contribution in [0.4, 0.5) is 0 Å². The maximum atomic E-state index is 5.35. The zero-order valence-electron chi connectivity index (χ0n) is 12.1. The van der Waals surface area contributed by atoms with E-state index >= 15 is 0 Å². The maximum absolute atomic E-state index is 5.35. The van der Waals surface area contributed by atoms with Gasteiger partial charge in [-0.1, -0.05) is 42.5 Å². The number of nitrogens with zero attached hydrogens (tertiary/aromatic N) is 2. The van der Waals surface area contributed by atoms with Crippen LogP contribution in [-0.4, -0.2) is 16.5 Å². The monoisotopic (exact) mass is 306 g/mol. The second kappa shape index (κ2) is 5.31. The Hall–Kier alpha value is -2.59. The van der Waals surface area contributed by atoms with Crippen LogP contribution in [0.3, 0.4) is 0 Å². The predicted octanol–water partition coefficient (Wildman–Crippen LogP) is 4.74. The van der Waals surface area contributed by atoms with E-state index in [1.807, 2.05) is 24.3 Å². The molecule has 0 N–H and O–H groups in total. The third kappa shape index (κ3) is 2.09. The predicted molar refractivity (Wildman–Crippen MR) is 90.5 cm³/mol. The second-order valence-corrected chi connectivity index (χ2v) is 5.84. The summed E-state index contributed by atoms with van der Waals surface area (Å²) < 4.78 is 7.49. The Balaban J connectivity index is 1.99. The maximum Gasteiger partial charge on any atom is 0.194 e. The molecule has 0 spiro atoms. The number of imidazole rings is 1. The van der Waals surface area contributed by atoms with Crippen molar-refractivity contribution in [1.29, 1.82) is 0 Å². The van der Waals surface area contributed by atoms with Gasteiger partial charge in [-0.3, -0.25) is 4.40 Å². The van der Waals surface area contributed by atoms with Crippen LogP contribution in [0, 0.1) is 0 Å². The molecule has 2 aromatic carbocycles. The number of rotatable bonds is 3. The van der Waals surface area contributed by atoms with Crippen molar-refractivity contribution < 1.29 is 4.74 Å². The Morgan fingerprint density at radius 1 is 1.00 bits per heavy atom. The summed E-state index contributed by atoms with van der Waals surface area (Å²) in [6, 6.07) is 18.4. The van der Waals surface area contributed by atoms with Crippen molar-refractivity contribution in [3.63, 3.8) is 0 Å². The van der Waals surface area contributed by atoms with Gasteiger partial charge in [0.2, 0.25) is 0 Å². The van der Waals surface area contributed by atoms with Crippen LogP contribution in [0.2, 0.25) is 0 Å². The lowest BCUT2D eigenvalue weighted by Gasteiger charge is -2.06. The van der Waals surface area contributed by atoms with Gasteiger partial charge in [-0.05, 0) is 12.1 Å². The molecule has 0 aliphatic carbocycles. The van der Waals surface area contributed by atoms with Crippen LogP contribution in [-0.2, 0) is 0 Å². The van der Waals surface area contributed by atoms with Crippen LogP contribution < -0.4 is 4.74 Å². The summed E-state index contributed by atoms with van der Waals surface area (Å²) in [6.07, 6.45) is 2.07. The lowest BCUT2D eigenvalue weighted by Crippen LogP contribution is -1.88. The van der Waals surface area contributed by atoms with Gasteiger partial charge in [-0.2, -0.15) is 0 Å². The molecule has 3 nitrogen and oxygen atoms in total. The first kappa shape index (κ1) is 13.1. The minimum atomic E-state index is 0.841. The largest absolute Gasteiger partial charge is 0.497 e. The van der Waals surface area contributed by atoms with E-state index < -0.39 is 0 Å². The van der Waals surface area contributed by atoms with Gasteiger partial charge in [-0.15, -0.1) is 11.3 Å². The first-order valence-corrected chi connectivity index (χ1v) is 7.90. The van der Waals surface area contributed by atoms with Crippen molar-refractivity contribution in [2.45, 2.75) is 0 Å². The molecular formula is C18H14N2OS. The molecule has 0 atom stereocenters. The number of hydrogen-bond acceptors (Lipinski definition) is 3. The van der Waals surface area contributed by atoms with Gasteiger partial charge in [-0.25, -0.2) is 4.98 Å². The van der Waals surface area contributed by atoms with Crippen molar-refractivity contribution in [2.24, 2.45) is 0 Å². The topological polar surface area (TPSA) is 26.5 Å². The average Bonchev–Trinajstić information content (AvgIpc) is 3.16. The highest BCUT2D eigenvalue weighted by molar-refractivity contribution is 7.15. The molecule has 0 radical (unpaired) electrons. The molecule has 0 unspecified atom stereocenters. The molecule has 0 amide bonds. The summed E-state index contributed by atoms with van der Waals surface area (Å²) in [5.74, 6) is 0.841. The Labute approximate surface area is 132 Å². The van der Waals surface area contributed by atoms with Gasteiger partial charge in [0.1, 0.15) is 5.75 Å². The van der Waals surface area contributed by atoms with Gasteiger partial charge in [0.25, 0.3) is 0 Å². The standard InChI is InChI=1S/C18H14N2OS/c1-21-15-9-5-8-14(12-15)16-17(13-6-3-2-4-7-13)20-10-11-22-18(20)19-16/h2-12H,1H3. The molecule has 4 rings (SSSR count). The molecule has 108 valence electrons. The third-order valence-electron chi connectivity index (χ3n) is 3.65. The Bertz CT molecular complexity index is 925. The SMILES string of the molecule is COc1cccc(-c2nc3sccn3c2-c2ccccc2)c1. The van der Waals surface area contributed by atoms with Crippen molar-refractivity contribution in [3.05, 3.63) is 66.2 Å². The summed E-state index contributed by atoms with van der Waals surface area (Å²) in [7, 11) is 1.68. The van der Waals surface area contributed by atoms with Gasteiger partial charge in [0.05, 0.1) is 18.5 Å². The van der Waals surface area contributed by atoms with E-state index in [4.69, 9.17) is 9.72 Å². The fraction of sp³-hybridized carbons (Fsp3) is 0.0556. The molecule has 0 aliphatic heterocycles. The quantitative estimate of drug-likeness (QED) is 0.546. The van der Waals surface area contributed by atoms with Gasteiger partial charge < -0.3 is 4.74 Å². The smallest absolute Gasteiger partial charge is 0.194 e. The molecule has 0 saturated carbocycles. The first-order valence-electron chi connectivity index (χ1n) is 7.02. The van der Waals surface area contributed by atoms with E-state index in [0.717, 1.165) is 33.2 Å². The molecule has 0 bridgehead atoms. The highest BCUT2D eigenvalue weighted by atomic mass is 32.1. The fourth-order valence-electron chi connectivity index (χ4n) is 2.63. The van der Waals surface area contributed by atoms with Crippen LogP contribution in [0.1, 0.15) is 0 Å². The van der Waals surface area contributed by atoms with E-state index in [9.17, 15) is 0 Å². The zero-order chi connectivity index (χ0) is 14.9. The molecule has 0 saturated heterocycles. The molecule has 22 heavy (non-hydrogen) atoms. The Morgan fingerprint density at radius 3 is 2.64 bits per heavy atom. The van der Waals surface area contributed by atoms with Crippen LogP contribution >= 0.6 is 11.3 Å². The van der Waals surface area contributed by atoms with Crippen molar-refractivity contribution in [1.82, 2.24) is 9.38 Å². The van der Waals surface area contributed by atoms with Crippen LogP contribution in [0.5, 0.6) is 5.75 Å². The number of hydrogen-bond donors (Lipinski definition) is 0. The van der Waals surface area contributed by atoms with Crippen LogP contribution in [0.15, 0.2) is 66.2 Å². The molecule has 2 aromatic heterocycles. The normalized spacial score (nSPS) is 11.0. The summed E-state index contributed by atoms with van der Waals surface area (Å²) >= 11 is 1.64. The second-order valence-electron chi connectivity index (χ2n) is 4.96. The molecule has 4 aromatic rings. The lowest BCUT2D eigenvalue weighted by atomic mass is 10.0. The number of thiazole rings is 1. The minimum Gasteiger partial charge on any atom is -0.497 e. The van der Waals surface area contributed by atoms with E-state index in [1.54, 1.807) is 18.4 Å². The summed E-state index contributed by atoms with van der Waals surface area (Å²) in [5, 5.41) is 2.06. The number of benzene rings is 2. The highest BCUT2D eigenvalue weighted by Gasteiger charge is 2.16. The van der Waals surface area contributed by atoms with Crippen molar-refractivity contribution in [2.75, 3.05) is 7.11 Å². The van der Waals surface area contributed by atoms with Crippen molar-refractivity contribution in [3.8, 4) is 28.3 Å². The van der Waals surface area contributed by atoms with Gasteiger partial charge >= 0.3 is 0 Å². The summed E-state index contributed by atoms with van der Waals surface area (Å²) in [5.41, 5.74) is 4.32. The summed E-state index contributed by atoms with van der Waals surface area (Å²) in [6.45, 7) is 0. The van der Waals surface area contributed by atoms with Gasteiger partial charge in [0, 0.05) is 22.7 Å². The number of ether oxygens (including phenoxy) is 1. The van der Waals surface area contributed by atoms with Gasteiger partial charge in [0.15, 0.2) is 4.96 Å². The number of aromatic nitrogens is 2. The Morgan fingerprint density at radius 2 is 1.82 bits per heavy atom. The highest BCUT2D eigenvalue weighted by Crippen LogP contribution is 2.35. The fourth-order valence-corrected chi connectivity index (χ4v) is 3.34. The van der Waals surface area contributed by atoms with Crippen LogP contribution in [0.25, 0.3) is 27.5 Å². The molecule has 4 heteroatoms.